The molecule has 0 aliphatic carbocycles. The van der Waals surface area contributed by atoms with Crippen molar-refractivity contribution in [2.45, 2.75) is 18.9 Å². The predicted octanol–water partition coefficient (Wildman–Crippen LogP) is 4.27. The van der Waals surface area contributed by atoms with Gasteiger partial charge in [0.15, 0.2) is 5.60 Å². The van der Waals surface area contributed by atoms with Crippen LogP contribution in [0.25, 0.3) is 0 Å². The standard InChI is InChI=1S/C21H20O2/c1-2-3-17-23-21(20-15-10-16-22-20,18-11-6-4-7-12-18)19-13-8-5-9-14-19/h4-9,11-15H,10,16-17H2,1H3. The minimum absolute atomic E-state index is 0.348. The van der Waals surface area contributed by atoms with Gasteiger partial charge in [-0.25, -0.2) is 0 Å². The summed E-state index contributed by atoms with van der Waals surface area (Å²) in [6.45, 7) is 2.86. The van der Waals surface area contributed by atoms with E-state index in [9.17, 15) is 0 Å². The molecule has 0 amide bonds. The van der Waals surface area contributed by atoms with E-state index >= 15 is 0 Å². The lowest BCUT2D eigenvalue weighted by Crippen LogP contribution is -2.34. The lowest BCUT2D eigenvalue weighted by atomic mass is 9.84. The molecular formula is C21H20O2. The Balaban J connectivity index is 2.17. The van der Waals surface area contributed by atoms with Crippen LogP contribution in [0.5, 0.6) is 0 Å². The molecule has 0 saturated carbocycles. The average Bonchev–Trinajstić information content (AvgIpc) is 3.15. The summed E-state index contributed by atoms with van der Waals surface area (Å²) in [6, 6.07) is 20.4. The Morgan fingerprint density at radius 2 is 1.61 bits per heavy atom. The van der Waals surface area contributed by atoms with Crippen LogP contribution in [0.4, 0.5) is 0 Å². The largest absolute Gasteiger partial charge is 0.494 e. The van der Waals surface area contributed by atoms with Gasteiger partial charge in [-0.3, -0.25) is 0 Å². The summed E-state index contributed by atoms with van der Waals surface area (Å²) in [7, 11) is 0. The maximum Gasteiger partial charge on any atom is 0.176 e. The van der Waals surface area contributed by atoms with E-state index in [0.717, 1.165) is 23.3 Å². The molecule has 0 bridgehead atoms. The summed E-state index contributed by atoms with van der Waals surface area (Å²) in [5.74, 6) is 6.76. The van der Waals surface area contributed by atoms with Crippen LogP contribution in [0.1, 0.15) is 24.5 Å². The van der Waals surface area contributed by atoms with E-state index in [2.05, 4.69) is 42.2 Å². The molecule has 2 aromatic carbocycles. The highest BCUT2D eigenvalue weighted by Crippen LogP contribution is 2.42. The molecular weight excluding hydrogens is 284 g/mol. The van der Waals surface area contributed by atoms with Gasteiger partial charge >= 0.3 is 0 Å². The molecule has 2 heteroatoms. The summed E-state index contributed by atoms with van der Waals surface area (Å²) in [5, 5.41) is 0. The normalized spacial score (nSPS) is 13.7. The van der Waals surface area contributed by atoms with Crippen molar-refractivity contribution in [1.29, 1.82) is 0 Å². The van der Waals surface area contributed by atoms with Crippen molar-refractivity contribution < 1.29 is 9.47 Å². The first-order valence-electron chi connectivity index (χ1n) is 7.86. The molecule has 1 aliphatic rings. The first kappa shape index (κ1) is 15.4. The summed E-state index contributed by atoms with van der Waals surface area (Å²) in [5.41, 5.74) is 1.36. The van der Waals surface area contributed by atoms with Crippen LogP contribution in [0.2, 0.25) is 0 Å². The number of hydrogen-bond acceptors (Lipinski definition) is 2. The third-order valence-corrected chi connectivity index (χ3v) is 3.95. The number of ether oxygens (including phenoxy) is 2. The van der Waals surface area contributed by atoms with Gasteiger partial charge in [0.05, 0.1) is 6.61 Å². The summed E-state index contributed by atoms with van der Waals surface area (Å²) in [6.07, 6.45) is 3.03. The van der Waals surface area contributed by atoms with Gasteiger partial charge in [-0.2, -0.15) is 0 Å². The van der Waals surface area contributed by atoms with Crippen molar-refractivity contribution in [2.24, 2.45) is 0 Å². The van der Waals surface area contributed by atoms with Crippen molar-refractivity contribution in [3.8, 4) is 11.8 Å². The molecule has 0 atom stereocenters. The maximum absolute atomic E-state index is 6.36. The maximum atomic E-state index is 6.36. The Labute approximate surface area is 137 Å². The fourth-order valence-corrected chi connectivity index (χ4v) is 2.91. The Morgan fingerprint density at radius 3 is 2.09 bits per heavy atom. The lowest BCUT2D eigenvalue weighted by molar-refractivity contribution is -0.0108. The zero-order valence-corrected chi connectivity index (χ0v) is 13.3. The minimum Gasteiger partial charge on any atom is -0.494 e. The monoisotopic (exact) mass is 304 g/mol. The van der Waals surface area contributed by atoms with Gasteiger partial charge in [0.25, 0.3) is 0 Å². The highest BCUT2D eigenvalue weighted by Gasteiger charge is 2.42. The summed E-state index contributed by atoms with van der Waals surface area (Å²) < 4.78 is 12.3. The van der Waals surface area contributed by atoms with Crippen LogP contribution in [0, 0.1) is 11.8 Å². The molecule has 0 radical (unpaired) electrons. The molecule has 0 spiro atoms. The number of hydrogen-bond donors (Lipinski definition) is 0. The van der Waals surface area contributed by atoms with Gasteiger partial charge in [0, 0.05) is 6.42 Å². The van der Waals surface area contributed by atoms with Gasteiger partial charge in [0.1, 0.15) is 12.4 Å². The molecule has 1 heterocycles. The molecule has 0 N–H and O–H groups in total. The van der Waals surface area contributed by atoms with Crippen LogP contribution < -0.4 is 0 Å². The molecule has 0 saturated heterocycles. The minimum atomic E-state index is -0.747. The second-order valence-electron chi connectivity index (χ2n) is 5.33. The topological polar surface area (TPSA) is 18.5 Å². The molecule has 2 nitrogen and oxygen atoms in total. The van der Waals surface area contributed by atoms with E-state index in [-0.39, 0.29) is 0 Å². The van der Waals surface area contributed by atoms with E-state index in [1.165, 1.54) is 0 Å². The fourth-order valence-electron chi connectivity index (χ4n) is 2.91. The van der Waals surface area contributed by atoms with Crippen molar-refractivity contribution in [2.75, 3.05) is 13.2 Å². The van der Waals surface area contributed by atoms with E-state index in [1.54, 1.807) is 0 Å². The molecule has 3 rings (SSSR count). The third kappa shape index (κ3) is 3.02. The quantitative estimate of drug-likeness (QED) is 0.768. The lowest BCUT2D eigenvalue weighted by Gasteiger charge is -2.35. The molecule has 0 aromatic heterocycles. The van der Waals surface area contributed by atoms with Crippen molar-refractivity contribution >= 4 is 0 Å². The van der Waals surface area contributed by atoms with Gasteiger partial charge < -0.3 is 9.47 Å². The Bertz CT molecular complexity index is 681. The zero-order valence-electron chi connectivity index (χ0n) is 13.3. The molecule has 23 heavy (non-hydrogen) atoms. The van der Waals surface area contributed by atoms with Gasteiger partial charge in [-0.1, -0.05) is 66.6 Å². The highest BCUT2D eigenvalue weighted by atomic mass is 16.5. The predicted molar refractivity (Wildman–Crippen MR) is 91.7 cm³/mol. The first-order valence-corrected chi connectivity index (χ1v) is 7.86. The Kier molecular flexibility index (Phi) is 4.80. The smallest absolute Gasteiger partial charge is 0.176 e. The number of rotatable bonds is 5. The van der Waals surface area contributed by atoms with E-state index in [0.29, 0.717) is 13.2 Å². The molecule has 116 valence electrons. The summed E-state index contributed by atoms with van der Waals surface area (Å²) >= 11 is 0. The Hall–Kier alpha value is -2.50. The van der Waals surface area contributed by atoms with E-state index < -0.39 is 5.60 Å². The van der Waals surface area contributed by atoms with Crippen molar-refractivity contribution in [3.63, 3.8) is 0 Å². The van der Waals surface area contributed by atoms with Crippen LogP contribution >= 0.6 is 0 Å². The second kappa shape index (κ2) is 7.17. The first-order chi connectivity index (χ1) is 11.4. The second-order valence-corrected chi connectivity index (χ2v) is 5.33. The van der Waals surface area contributed by atoms with Crippen molar-refractivity contribution in [3.05, 3.63) is 83.6 Å². The zero-order chi connectivity index (χ0) is 16.0. The van der Waals surface area contributed by atoms with Crippen molar-refractivity contribution in [1.82, 2.24) is 0 Å². The SMILES string of the molecule is CC#CCOC(C1=CCCO1)(c1ccccc1)c1ccccc1. The molecule has 1 aliphatic heterocycles. The highest BCUT2D eigenvalue weighted by molar-refractivity contribution is 5.44. The molecule has 0 unspecified atom stereocenters. The van der Waals surface area contributed by atoms with Gasteiger partial charge in [-0.05, 0) is 24.1 Å². The van der Waals surface area contributed by atoms with Crippen LogP contribution in [-0.2, 0) is 15.1 Å². The average molecular weight is 304 g/mol. The molecule has 0 fully saturated rings. The fraction of sp³-hybridized carbons (Fsp3) is 0.238. The van der Waals surface area contributed by atoms with Crippen LogP contribution in [0.3, 0.4) is 0 Å². The van der Waals surface area contributed by atoms with Gasteiger partial charge in [0.2, 0.25) is 0 Å². The van der Waals surface area contributed by atoms with E-state index in [4.69, 9.17) is 9.47 Å². The van der Waals surface area contributed by atoms with Crippen LogP contribution in [0.15, 0.2) is 72.5 Å². The number of benzene rings is 2. The Morgan fingerprint density at radius 1 is 1.00 bits per heavy atom. The third-order valence-electron chi connectivity index (χ3n) is 3.95. The summed E-state index contributed by atoms with van der Waals surface area (Å²) in [4.78, 5) is 0. The molecule has 2 aromatic rings. The van der Waals surface area contributed by atoms with Crippen LogP contribution in [-0.4, -0.2) is 13.2 Å². The van der Waals surface area contributed by atoms with E-state index in [1.807, 2.05) is 43.3 Å². The van der Waals surface area contributed by atoms with Gasteiger partial charge in [-0.15, -0.1) is 5.92 Å².